The highest BCUT2D eigenvalue weighted by Gasteiger charge is 2.42. The molecule has 0 aliphatic carbocycles. The average molecular weight is 499 g/mol. The van der Waals surface area contributed by atoms with Crippen LogP contribution in [0.1, 0.15) is 40.8 Å². The first-order valence-electron chi connectivity index (χ1n) is 11.2. The van der Waals surface area contributed by atoms with Gasteiger partial charge in [0.1, 0.15) is 17.6 Å². The molecule has 2 atom stereocenters. The van der Waals surface area contributed by atoms with Gasteiger partial charge in [0.25, 0.3) is 0 Å². The number of hydrogen-bond acceptors (Lipinski definition) is 5. The van der Waals surface area contributed by atoms with E-state index in [1.165, 1.54) is 6.92 Å². The molecule has 2 aromatic carbocycles. The van der Waals surface area contributed by atoms with Crippen LogP contribution in [0.4, 0.5) is 11.4 Å². The number of carboxylic acid groups (broad SMARTS) is 1. The zero-order valence-corrected chi connectivity index (χ0v) is 20.0. The Bertz CT molecular complexity index is 1440. The van der Waals surface area contributed by atoms with E-state index in [1.807, 2.05) is 59.5 Å². The van der Waals surface area contributed by atoms with Gasteiger partial charge in [-0.05, 0) is 72.9 Å². The molecule has 3 N–H and O–H groups in total. The van der Waals surface area contributed by atoms with Gasteiger partial charge in [-0.25, -0.2) is 4.79 Å². The third-order valence-electron chi connectivity index (χ3n) is 5.88. The number of aromatic carboxylic acids is 1. The highest BCUT2D eigenvalue weighted by Crippen LogP contribution is 2.43. The quantitative estimate of drug-likeness (QED) is 0.312. The number of pyridine rings is 1. The molecule has 1 aliphatic rings. The largest absolute Gasteiger partial charge is 0.478 e. The summed E-state index contributed by atoms with van der Waals surface area (Å²) in [4.78, 5) is 29.3. The number of carbonyl (C=O) groups is 2. The van der Waals surface area contributed by atoms with Crippen molar-refractivity contribution in [1.82, 2.24) is 10.3 Å². The van der Waals surface area contributed by atoms with Crippen molar-refractivity contribution < 1.29 is 19.1 Å². The van der Waals surface area contributed by atoms with Crippen LogP contribution in [0.5, 0.6) is 0 Å². The summed E-state index contributed by atoms with van der Waals surface area (Å²) in [7, 11) is 0. The summed E-state index contributed by atoms with van der Waals surface area (Å²) in [5.41, 5.74) is 3.14. The van der Waals surface area contributed by atoms with Crippen molar-refractivity contribution in [2.24, 2.45) is 0 Å². The molecule has 1 fully saturated rings. The number of rotatable bonds is 6. The zero-order chi connectivity index (χ0) is 25.2. The van der Waals surface area contributed by atoms with Crippen molar-refractivity contribution >= 4 is 40.6 Å². The van der Waals surface area contributed by atoms with E-state index >= 15 is 0 Å². The van der Waals surface area contributed by atoms with Crippen molar-refractivity contribution in [3.63, 3.8) is 0 Å². The molecular weight excluding hydrogens is 476 g/mol. The molecule has 0 bridgehead atoms. The summed E-state index contributed by atoms with van der Waals surface area (Å²) in [6, 6.07) is 22.7. The lowest BCUT2D eigenvalue weighted by molar-refractivity contribution is -0.114. The van der Waals surface area contributed by atoms with Crippen molar-refractivity contribution in [2.45, 2.75) is 19.0 Å². The molecular formula is C27H22N4O4S. The van der Waals surface area contributed by atoms with Gasteiger partial charge >= 0.3 is 5.97 Å². The molecule has 8 nitrogen and oxygen atoms in total. The minimum Gasteiger partial charge on any atom is -0.478 e. The first-order valence-corrected chi connectivity index (χ1v) is 11.6. The standard InChI is InChI=1S/C27H22N4O4S/c1-16(32)29-19-8-10-20(11-9-19)31-25(24(30-27(31)36)21-7-2-3-14-28-21)23-13-12-22(35-23)17-5-4-6-18(15-17)26(33)34/h2-15,24-25H,1H3,(H,29,32)(H,30,36)(H,33,34)/t24-,25+/m0/s1. The second-order valence-corrected chi connectivity index (χ2v) is 8.70. The molecule has 3 heterocycles. The van der Waals surface area contributed by atoms with E-state index in [2.05, 4.69) is 15.6 Å². The first kappa shape index (κ1) is 23.3. The van der Waals surface area contributed by atoms with Gasteiger partial charge in [-0.3, -0.25) is 9.78 Å². The third-order valence-corrected chi connectivity index (χ3v) is 6.19. The van der Waals surface area contributed by atoms with Crippen LogP contribution in [0.2, 0.25) is 0 Å². The highest BCUT2D eigenvalue weighted by atomic mass is 32.1. The van der Waals surface area contributed by atoms with Gasteiger partial charge in [0, 0.05) is 30.1 Å². The number of nitrogens with zero attached hydrogens (tertiary/aromatic N) is 2. The van der Waals surface area contributed by atoms with E-state index in [4.69, 9.17) is 16.6 Å². The Morgan fingerprint density at radius 3 is 2.56 bits per heavy atom. The summed E-state index contributed by atoms with van der Waals surface area (Å²) in [6.07, 6.45) is 1.73. The number of carbonyl (C=O) groups excluding carboxylic acids is 1. The van der Waals surface area contributed by atoms with Gasteiger partial charge in [0.15, 0.2) is 5.11 Å². The smallest absolute Gasteiger partial charge is 0.335 e. The summed E-state index contributed by atoms with van der Waals surface area (Å²) in [5, 5.41) is 16.0. The number of aromatic nitrogens is 1. The molecule has 1 aliphatic heterocycles. The number of nitrogens with one attached hydrogen (secondary N) is 2. The predicted molar refractivity (Wildman–Crippen MR) is 140 cm³/mol. The Labute approximate surface area is 212 Å². The van der Waals surface area contributed by atoms with Crippen LogP contribution in [0.3, 0.4) is 0 Å². The van der Waals surface area contributed by atoms with E-state index in [1.54, 1.807) is 30.5 Å². The lowest BCUT2D eigenvalue weighted by Crippen LogP contribution is -2.29. The molecule has 0 spiro atoms. The Balaban J connectivity index is 1.55. The van der Waals surface area contributed by atoms with Gasteiger partial charge in [-0.2, -0.15) is 0 Å². The number of carboxylic acids is 1. The lowest BCUT2D eigenvalue weighted by atomic mass is 10.0. The molecule has 0 radical (unpaired) electrons. The molecule has 36 heavy (non-hydrogen) atoms. The molecule has 5 rings (SSSR count). The van der Waals surface area contributed by atoms with Gasteiger partial charge in [-0.1, -0.05) is 18.2 Å². The van der Waals surface area contributed by atoms with Gasteiger partial charge in [0.05, 0.1) is 17.3 Å². The number of anilines is 2. The van der Waals surface area contributed by atoms with Crippen LogP contribution in [-0.2, 0) is 4.79 Å². The average Bonchev–Trinajstić information content (AvgIpc) is 3.49. The molecule has 0 unspecified atom stereocenters. The molecule has 1 saturated heterocycles. The Morgan fingerprint density at radius 2 is 1.86 bits per heavy atom. The molecule has 9 heteroatoms. The molecule has 2 aromatic heterocycles. The fourth-order valence-electron chi connectivity index (χ4n) is 4.30. The van der Waals surface area contributed by atoms with Crippen LogP contribution < -0.4 is 15.5 Å². The first-order chi connectivity index (χ1) is 17.4. The van der Waals surface area contributed by atoms with Crippen LogP contribution >= 0.6 is 12.2 Å². The monoisotopic (exact) mass is 498 g/mol. The maximum absolute atomic E-state index is 11.4. The maximum atomic E-state index is 11.4. The van der Waals surface area contributed by atoms with Crippen LogP contribution in [0, 0.1) is 0 Å². The van der Waals surface area contributed by atoms with Gasteiger partial charge in [-0.15, -0.1) is 0 Å². The van der Waals surface area contributed by atoms with Crippen molar-refractivity contribution in [1.29, 1.82) is 0 Å². The fraction of sp³-hybridized carbons (Fsp3) is 0.111. The second-order valence-electron chi connectivity index (χ2n) is 8.31. The Morgan fingerprint density at radius 1 is 1.06 bits per heavy atom. The number of hydrogen-bond donors (Lipinski definition) is 3. The Hall–Kier alpha value is -4.50. The van der Waals surface area contributed by atoms with Gasteiger partial charge in [0.2, 0.25) is 5.91 Å². The number of thiocarbonyl (C=S) groups is 1. The fourth-order valence-corrected chi connectivity index (χ4v) is 4.65. The molecule has 4 aromatic rings. The van der Waals surface area contributed by atoms with E-state index < -0.39 is 5.97 Å². The molecule has 1 amide bonds. The van der Waals surface area contributed by atoms with Crippen LogP contribution in [-0.4, -0.2) is 27.1 Å². The minimum atomic E-state index is -1.00. The minimum absolute atomic E-state index is 0.149. The van der Waals surface area contributed by atoms with Crippen molar-refractivity contribution in [3.8, 4) is 11.3 Å². The van der Waals surface area contributed by atoms with E-state index in [0.29, 0.717) is 27.9 Å². The lowest BCUT2D eigenvalue weighted by Gasteiger charge is -2.26. The summed E-state index contributed by atoms with van der Waals surface area (Å²) >= 11 is 5.74. The maximum Gasteiger partial charge on any atom is 0.335 e. The van der Waals surface area contributed by atoms with Crippen LogP contribution in [0.15, 0.2) is 89.5 Å². The Kier molecular flexibility index (Phi) is 6.22. The van der Waals surface area contributed by atoms with Crippen molar-refractivity contribution in [2.75, 3.05) is 10.2 Å². The van der Waals surface area contributed by atoms with Crippen molar-refractivity contribution in [3.05, 3.63) is 102 Å². The van der Waals surface area contributed by atoms with Crippen LogP contribution in [0.25, 0.3) is 11.3 Å². The summed E-state index contributed by atoms with van der Waals surface area (Å²) < 4.78 is 6.30. The normalized spacial score (nSPS) is 17.0. The van der Waals surface area contributed by atoms with E-state index in [0.717, 1.165) is 11.4 Å². The molecule has 0 saturated carbocycles. The van der Waals surface area contributed by atoms with E-state index in [-0.39, 0.29) is 23.6 Å². The number of amides is 1. The molecule has 180 valence electrons. The van der Waals surface area contributed by atoms with Gasteiger partial charge < -0.3 is 25.1 Å². The topological polar surface area (TPSA) is 108 Å². The number of furan rings is 1. The second kappa shape index (κ2) is 9.63. The number of benzene rings is 2. The SMILES string of the molecule is CC(=O)Nc1ccc(N2C(=S)N[C@@H](c3ccccn3)[C@H]2c2ccc(-c3cccc(C(=O)O)c3)o2)cc1. The third kappa shape index (κ3) is 4.56. The zero-order valence-electron chi connectivity index (χ0n) is 19.2. The predicted octanol–water partition coefficient (Wildman–Crippen LogP) is 5.18. The summed E-state index contributed by atoms with van der Waals surface area (Å²) in [5.74, 6) is 0.0358. The summed E-state index contributed by atoms with van der Waals surface area (Å²) in [6.45, 7) is 1.46. The highest BCUT2D eigenvalue weighted by molar-refractivity contribution is 7.80. The van der Waals surface area contributed by atoms with E-state index in [9.17, 15) is 14.7 Å².